The number of benzene rings is 2. The van der Waals surface area contributed by atoms with Gasteiger partial charge in [-0.15, -0.1) is 0 Å². The smallest absolute Gasteiger partial charge is 0.341 e. The van der Waals surface area contributed by atoms with Gasteiger partial charge in [-0.3, -0.25) is 13.6 Å². The Morgan fingerprint density at radius 3 is 1.87 bits per heavy atom. The molecule has 0 saturated carbocycles. The van der Waals surface area contributed by atoms with Crippen LogP contribution in [0, 0.1) is 0 Å². The zero-order valence-corrected chi connectivity index (χ0v) is 18.2. The summed E-state index contributed by atoms with van der Waals surface area (Å²) in [5, 5.41) is 0. The maximum atomic E-state index is 13.3. The molecule has 0 aliphatic carbocycles. The van der Waals surface area contributed by atoms with E-state index < -0.39 is 25.3 Å². The van der Waals surface area contributed by atoms with E-state index in [0.29, 0.717) is 6.29 Å². The zero-order valence-electron chi connectivity index (χ0n) is 17.4. The second-order valence-corrected chi connectivity index (χ2v) is 9.34. The van der Waals surface area contributed by atoms with Crippen LogP contribution in [0.3, 0.4) is 0 Å². The average Bonchev–Trinajstić information content (AvgIpc) is 3.00. The first-order valence-corrected chi connectivity index (χ1v) is 11.2. The summed E-state index contributed by atoms with van der Waals surface area (Å²) in [6.07, 6.45) is -0.102. The number of hydrogen-bond donors (Lipinski definition) is 0. The van der Waals surface area contributed by atoms with Crippen molar-refractivity contribution in [1.82, 2.24) is 0 Å². The van der Waals surface area contributed by atoms with Crippen molar-refractivity contribution >= 4 is 14.1 Å². The fraction of sp³-hybridized carbons (Fsp3) is 0.409. The molecule has 0 unspecified atom stereocenters. The molecule has 2 aromatic carbocycles. The van der Waals surface area contributed by atoms with Crippen LogP contribution in [-0.4, -0.2) is 30.4 Å². The highest BCUT2D eigenvalue weighted by Gasteiger charge is 2.51. The van der Waals surface area contributed by atoms with E-state index in [1.807, 2.05) is 60.7 Å². The molecular weight excluding hydrogens is 407 g/mol. The first-order valence-electron chi connectivity index (χ1n) is 9.69. The Kier molecular flexibility index (Phi) is 7.24. The Morgan fingerprint density at radius 1 is 0.900 bits per heavy atom. The lowest BCUT2D eigenvalue weighted by Gasteiger charge is -2.24. The Hall–Kier alpha value is -1.86. The number of phosphoric ester groups is 1. The van der Waals surface area contributed by atoms with Crippen LogP contribution < -0.4 is 0 Å². The second kappa shape index (κ2) is 9.52. The quantitative estimate of drug-likeness (QED) is 0.398. The lowest BCUT2D eigenvalue weighted by atomic mass is 10.0. The van der Waals surface area contributed by atoms with Crippen molar-refractivity contribution in [2.45, 2.75) is 51.5 Å². The highest BCUT2D eigenvalue weighted by molar-refractivity contribution is 7.48. The van der Waals surface area contributed by atoms with Gasteiger partial charge >= 0.3 is 7.82 Å². The van der Waals surface area contributed by atoms with E-state index in [-0.39, 0.29) is 19.8 Å². The molecule has 0 spiro atoms. The third kappa shape index (κ3) is 6.08. The number of carbonyl (C=O) groups is 1. The molecule has 8 heteroatoms. The van der Waals surface area contributed by atoms with Crippen molar-refractivity contribution in [2.75, 3.05) is 6.61 Å². The first-order chi connectivity index (χ1) is 14.2. The van der Waals surface area contributed by atoms with Crippen LogP contribution in [0.4, 0.5) is 0 Å². The molecule has 0 amide bonds. The summed E-state index contributed by atoms with van der Waals surface area (Å²) in [6, 6.07) is 18.6. The minimum atomic E-state index is -3.96. The number of ether oxygens (including phenoxy) is 2. The fourth-order valence-corrected chi connectivity index (χ4v) is 4.26. The summed E-state index contributed by atoms with van der Waals surface area (Å²) in [5.41, 5.74) is 0.417. The molecule has 2 aromatic rings. The van der Waals surface area contributed by atoms with Crippen molar-refractivity contribution in [3.8, 4) is 0 Å². The number of carbonyl (C=O) groups excluding carboxylic acids is 1. The lowest BCUT2D eigenvalue weighted by Crippen LogP contribution is -2.41. The molecule has 1 saturated heterocycles. The Balaban J connectivity index is 1.69. The van der Waals surface area contributed by atoms with Gasteiger partial charge in [0, 0.05) is 0 Å². The number of phosphoric acid groups is 1. The Morgan fingerprint density at radius 2 is 1.40 bits per heavy atom. The topological polar surface area (TPSA) is 80.3 Å². The molecular formula is C22H27O7P. The van der Waals surface area contributed by atoms with Gasteiger partial charge < -0.3 is 14.3 Å². The zero-order chi connectivity index (χ0) is 21.7. The standard InChI is InChI=1S/C22H27O7P/c1-21(2)28-20(22(3,17-23)29-21)16-27-30(24,25-14-18-10-6-4-7-11-18)26-15-19-12-8-5-9-13-19/h4-13,17,20H,14-16H2,1-3H3/t20-,22+/m1/s1. The van der Waals surface area contributed by atoms with Crippen LogP contribution in [0.1, 0.15) is 31.9 Å². The molecule has 30 heavy (non-hydrogen) atoms. The van der Waals surface area contributed by atoms with Gasteiger partial charge in [0.15, 0.2) is 17.7 Å². The van der Waals surface area contributed by atoms with Crippen molar-refractivity contribution in [3.63, 3.8) is 0 Å². The molecule has 0 bridgehead atoms. The maximum Gasteiger partial charge on any atom is 0.475 e. The number of aldehydes is 1. The molecule has 0 radical (unpaired) electrons. The third-order valence-corrected chi connectivity index (χ3v) is 5.97. The van der Waals surface area contributed by atoms with Gasteiger partial charge in [-0.05, 0) is 31.9 Å². The predicted molar refractivity (Wildman–Crippen MR) is 111 cm³/mol. The van der Waals surface area contributed by atoms with E-state index in [0.717, 1.165) is 11.1 Å². The minimum Gasteiger partial charge on any atom is -0.341 e. The van der Waals surface area contributed by atoms with Crippen LogP contribution in [0.2, 0.25) is 0 Å². The number of hydrogen-bond acceptors (Lipinski definition) is 7. The van der Waals surface area contributed by atoms with Gasteiger partial charge in [-0.25, -0.2) is 4.57 Å². The molecule has 7 nitrogen and oxygen atoms in total. The van der Waals surface area contributed by atoms with Crippen molar-refractivity contribution in [2.24, 2.45) is 0 Å². The number of rotatable bonds is 10. The first kappa shape index (κ1) is 22.8. The van der Waals surface area contributed by atoms with Gasteiger partial charge in [-0.2, -0.15) is 0 Å². The van der Waals surface area contributed by atoms with E-state index >= 15 is 0 Å². The van der Waals surface area contributed by atoms with Crippen molar-refractivity contribution in [3.05, 3.63) is 71.8 Å². The van der Waals surface area contributed by atoms with Crippen LogP contribution in [0.5, 0.6) is 0 Å². The summed E-state index contributed by atoms with van der Waals surface area (Å²) < 4.78 is 41.5. The Bertz CT molecular complexity index is 824. The van der Waals surface area contributed by atoms with Gasteiger partial charge in [0.25, 0.3) is 0 Å². The van der Waals surface area contributed by atoms with Crippen LogP contribution in [-0.2, 0) is 45.6 Å². The lowest BCUT2D eigenvalue weighted by molar-refractivity contribution is -0.164. The highest BCUT2D eigenvalue weighted by atomic mass is 31.2. The van der Waals surface area contributed by atoms with Crippen LogP contribution >= 0.6 is 7.82 Å². The average molecular weight is 434 g/mol. The molecule has 1 heterocycles. The highest BCUT2D eigenvalue weighted by Crippen LogP contribution is 2.52. The van der Waals surface area contributed by atoms with Crippen molar-refractivity contribution < 1.29 is 32.4 Å². The Labute approximate surface area is 176 Å². The molecule has 0 N–H and O–H groups in total. The molecule has 1 fully saturated rings. The molecule has 162 valence electrons. The van der Waals surface area contributed by atoms with Gasteiger partial charge in [0.05, 0.1) is 19.8 Å². The fourth-order valence-electron chi connectivity index (χ4n) is 3.10. The molecule has 1 aliphatic heterocycles. The third-order valence-electron chi connectivity index (χ3n) is 4.61. The summed E-state index contributed by atoms with van der Waals surface area (Å²) in [5.74, 6) is -0.969. The van der Waals surface area contributed by atoms with E-state index in [2.05, 4.69) is 0 Å². The molecule has 3 rings (SSSR count). The van der Waals surface area contributed by atoms with E-state index in [1.165, 1.54) is 0 Å². The normalized spacial score (nSPS) is 23.4. The minimum absolute atomic E-state index is 0.0470. The molecule has 0 aromatic heterocycles. The van der Waals surface area contributed by atoms with E-state index in [4.69, 9.17) is 23.0 Å². The summed E-state index contributed by atoms with van der Waals surface area (Å²) in [4.78, 5) is 11.6. The van der Waals surface area contributed by atoms with Crippen LogP contribution in [0.25, 0.3) is 0 Å². The summed E-state index contributed by atoms with van der Waals surface area (Å²) in [7, 11) is -3.96. The van der Waals surface area contributed by atoms with E-state index in [1.54, 1.807) is 20.8 Å². The largest absolute Gasteiger partial charge is 0.475 e. The van der Waals surface area contributed by atoms with E-state index in [9.17, 15) is 9.36 Å². The van der Waals surface area contributed by atoms with Crippen molar-refractivity contribution in [1.29, 1.82) is 0 Å². The predicted octanol–water partition coefficient (Wildman–Crippen LogP) is 4.65. The molecule has 1 aliphatic rings. The summed E-state index contributed by atoms with van der Waals surface area (Å²) in [6.45, 7) is 4.90. The van der Waals surface area contributed by atoms with Gasteiger partial charge in [0.1, 0.15) is 6.10 Å². The maximum absolute atomic E-state index is 13.3. The SMILES string of the molecule is CC1(C)O[C@H](COP(=O)(OCc2ccccc2)OCc2ccccc2)[C@](C)(C=O)O1. The van der Waals surface area contributed by atoms with Gasteiger partial charge in [-0.1, -0.05) is 60.7 Å². The molecule has 2 atom stereocenters. The monoisotopic (exact) mass is 434 g/mol. The van der Waals surface area contributed by atoms with Gasteiger partial charge in [0.2, 0.25) is 0 Å². The summed E-state index contributed by atoms with van der Waals surface area (Å²) >= 11 is 0. The second-order valence-electron chi connectivity index (χ2n) is 7.67. The van der Waals surface area contributed by atoms with Crippen LogP contribution in [0.15, 0.2) is 60.7 Å².